The number of aliphatic imine (C=N–C) groups is 1. The van der Waals surface area contributed by atoms with Crippen molar-refractivity contribution in [3.8, 4) is 0 Å². The van der Waals surface area contributed by atoms with E-state index in [-0.39, 0.29) is 36.0 Å². The Morgan fingerprint density at radius 1 is 1.11 bits per heavy atom. The number of likely N-dealkylation sites (tertiary alicyclic amines) is 1. The van der Waals surface area contributed by atoms with E-state index in [0.717, 1.165) is 58.1 Å². The van der Waals surface area contributed by atoms with Crippen LogP contribution in [0.25, 0.3) is 0 Å². The van der Waals surface area contributed by atoms with Crippen LogP contribution in [0.1, 0.15) is 39.5 Å². The molecule has 1 N–H and O–H groups in total. The van der Waals surface area contributed by atoms with Gasteiger partial charge in [-0.05, 0) is 52.0 Å². The molecule has 0 bridgehead atoms. The fourth-order valence-corrected chi connectivity index (χ4v) is 4.42. The molecule has 8 heteroatoms. The summed E-state index contributed by atoms with van der Waals surface area (Å²) in [5.41, 5.74) is 0. The number of hydrogen-bond donors (Lipinski definition) is 1. The smallest absolute Gasteiger partial charge is 0.251 e. The van der Waals surface area contributed by atoms with E-state index in [0.29, 0.717) is 12.0 Å². The lowest BCUT2D eigenvalue weighted by molar-refractivity contribution is -0.142. The highest BCUT2D eigenvalue weighted by atomic mass is 127. The molecule has 7 nitrogen and oxygen atoms in total. The lowest BCUT2D eigenvalue weighted by Crippen LogP contribution is -2.56. The number of piperidine rings is 1. The summed E-state index contributed by atoms with van der Waals surface area (Å²) in [7, 11) is 1.85. The molecule has 3 heterocycles. The summed E-state index contributed by atoms with van der Waals surface area (Å²) >= 11 is 0. The maximum absolute atomic E-state index is 12.5. The number of halogens is 1. The Labute approximate surface area is 187 Å². The van der Waals surface area contributed by atoms with Crippen molar-refractivity contribution in [3.05, 3.63) is 0 Å². The first kappa shape index (κ1) is 23.7. The number of carbonyl (C=O) groups excluding carboxylic acids is 1. The number of rotatable bonds is 4. The number of nitrogens with one attached hydrogen (secondary N) is 1. The molecule has 28 heavy (non-hydrogen) atoms. The fourth-order valence-electron chi connectivity index (χ4n) is 4.42. The van der Waals surface area contributed by atoms with Gasteiger partial charge in [-0.3, -0.25) is 9.79 Å². The lowest BCUT2D eigenvalue weighted by atomic mass is 9.97. The Balaban J connectivity index is 0.00000280. The number of nitrogens with zero attached hydrogens (tertiary/aromatic N) is 4. The summed E-state index contributed by atoms with van der Waals surface area (Å²) in [6, 6.07) is 0.626. The van der Waals surface area contributed by atoms with Crippen molar-refractivity contribution >= 4 is 35.8 Å². The lowest BCUT2D eigenvalue weighted by Gasteiger charge is -2.39. The van der Waals surface area contributed by atoms with Crippen LogP contribution < -0.4 is 5.32 Å². The second-order valence-corrected chi connectivity index (χ2v) is 8.34. The van der Waals surface area contributed by atoms with Gasteiger partial charge in [0.25, 0.3) is 5.91 Å². The van der Waals surface area contributed by atoms with E-state index < -0.39 is 0 Å². The van der Waals surface area contributed by atoms with Crippen LogP contribution in [0.2, 0.25) is 0 Å². The molecule has 3 aliphatic rings. The molecule has 0 aromatic heterocycles. The normalized spacial score (nSPS) is 27.1. The van der Waals surface area contributed by atoms with Gasteiger partial charge in [0.15, 0.2) is 5.96 Å². The van der Waals surface area contributed by atoms with Crippen LogP contribution in [0.3, 0.4) is 0 Å². The third-order valence-corrected chi connectivity index (χ3v) is 6.14. The van der Waals surface area contributed by atoms with Gasteiger partial charge >= 0.3 is 0 Å². The van der Waals surface area contributed by atoms with Crippen molar-refractivity contribution in [1.82, 2.24) is 20.0 Å². The number of amides is 1. The van der Waals surface area contributed by atoms with Crippen LogP contribution in [0.5, 0.6) is 0 Å². The van der Waals surface area contributed by atoms with Crippen LogP contribution in [0.4, 0.5) is 0 Å². The van der Waals surface area contributed by atoms with Crippen LogP contribution in [0, 0.1) is 5.92 Å². The fraction of sp³-hybridized carbons (Fsp3) is 0.900. The monoisotopic (exact) mass is 507 g/mol. The molecule has 0 saturated carbocycles. The van der Waals surface area contributed by atoms with Crippen LogP contribution in [-0.2, 0) is 9.53 Å². The standard InChI is InChI=1S/C20H37N5O2.HI/c1-16(2)25-8-4-6-17(15-25)14-22-20(21-3)24-11-9-23(10-12-24)19(26)18-7-5-13-27-18;/h16-18H,4-15H2,1-3H3,(H,21,22);1H. The Hall–Kier alpha value is -0.610. The number of hydrogen-bond acceptors (Lipinski definition) is 4. The quantitative estimate of drug-likeness (QED) is 0.356. The molecule has 0 aromatic rings. The molecule has 3 fully saturated rings. The van der Waals surface area contributed by atoms with Gasteiger partial charge in [-0.2, -0.15) is 0 Å². The second kappa shape index (κ2) is 11.5. The molecule has 1 amide bonds. The molecule has 3 aliphatic heterocycles. The number of piperazine rings is 1. The van der Waals surface area contributed by atoms with E-state index >= 15 is 0 Å². The van der Waals surface area contributed by atoms with Crippen molar-refractivity contribution in [2.45, 2.75) is 51.7 Å². The summed E-state index contributed by atoms with van der Waals surface area (Å²) in [5.74, 6) is 1.83. The Bertz CT molecular complexity index is 517. The van der Waals surface area contributed by atoms with Gasteiger partial charge in [-0.1, -0.05) is 0 Å². The third-order valence-electron chi connectivity index (χ3n) is 6.14. The number of guanidine groups is 1. The van der Waals surface area contributed by atoms with E-state index in [1.807, 2.05) is 11.9 Å². The van der Waals surface area contributed by atoms with E-state index in [2.05, 4.69) is 34.0 Å². The maximum Gasteiger partial charge on any atom is 0.251 e. The van der Waals surface area contributed by atoms with Crippen LogP contribution in [0.15, 0.2) is 4.99 Å². The topological polar surface area (TPSA) is 60.4 Å². The highest BCUT2D eigenvalue weighted by molar-refractivity contribution is 14.0. The molecule has 0 spiro atoms. The van der Waals surface area contributed by atoms with Gasteiger partial charge in [0.2, 0.25) is 0 Å². The number of ether oxygens (including phenoxy) is 1. The van der Waals surface area contributed by atoms with Crippen molar-refractivity contribution in [2.75, 3.05) is 59.5 Å². The summed E-state index contributed by atoms with van der Waals surface area (Å²) in [4.78, 5) is 23.8. The molecule has 2 unspecified atom stereocenters. The second-order valence-electron chi connectivity index (χ2n) is 8.34. The summed E-state index contributed by atoms with van der Waals surface area (Å²) < 4.78 is 5.55. The summed E-state index contributed by atoms with van der Waals surface area (Å²) in [6.07, 6.45) is 4.24. The molecule has 0 aliphatic carbocycles. The van der Waals surface area contributed by atoms with Gasteiger partial charge in [0, 0.05) is 59.0 Å². The average Bonchev–Trinajstić information content (AvgIpc) is 3.23. The molecule has 162 valence electrons. The van der Waals surface area contributed by atoms with Crippen molar-refractivity contribution in [2.24, 2.45) is 10.9 Å². The van der Waals surface area contributed by atoms with Gasteiger partial charge in [-0.25, -0.2) is 0 Å². The highest BCUT2D eigenvalue weighted by Gasteiger charge is 2.31. The molecule has 2 atom stereocenters. The van der Waals surface area contributed by atoms with E-state index in [4.69, 9.17) is 4.74 Å². The molecule has 0 radical (unpaired) electrons. The predicted octanol–water partition coefficient (Wildman–Crippen LogP) is 1.62. The first-order valence-corrected chi connectivity index (χ1v) is 10.7. The Morgan fingerprint density at radius 2 is 1.82 bits per heavy atom. The van der Waals surface area contributed by atoms with Crippen LogP contribution in [-0.4, -0.2) is 98.2 Å². The van der Waals surface area contributed by atoms with Crippen LogP contribution >= 0.6 is 24.0 Å². The SMILES string of the molecule is CN=C(NCC1CCCN(C(C)C)C1)N1CCN(C(=O)C2CCCO2)CC1.I. The van der Waals surface area contributed by atoms with Gasteiger partial charge < -0.3 is 24.8 Å². The molecular formula is C20H38IN5O2. The van der Waals surface area contributed by atoms with Crippen molar-refractivity contribution in [1.29, 1.82) is 0 Å². The zero-order chi connectivity index (χ0) is 19.2. The van der Waals surface area contributed by atoms with Crippen molar-refractivity contribution in [3.63, 3.8) is 0 Å². The molecule has 0 aromatic carbocycles. The molecule has 3 saturated heterocycles. The largest absolute Gasteiger partial charge is 0.368 e. The van der Waals surface area contributed by atoms with E-state index in [1.165, 1.54) is 25.9 Å². The zero-order valence-electron chi connectivity index (χ0n) is 17.7. The Kier molecular flexibility index (Phi) is 9.76. The van der Waals surface area contributed by atoms with Gasteiger partial charge in [0.05, 0.1) is 0 Å². The first-order valence-electron chi connectivity index (χ1n) is 10.7. The minimum Gasteiger partial charge on any atom is -0.368 e. The predicted molar refractivity (Wildman–Crippen MR) is 123 cm³/mol. The van der Waals surface area contributed by atoms with E-state index in [9.17, 15) is 4.79 Å². The first-order chi connectivity index (χ1) is 13.1. The molecular weight excluding hydrogens is 469 g/mol. The Morgan fingerprint density at radius 3 is 2.43 bits per heavy atom. The average molecular weight is 507 g/mol. The van der Waals surface area contributed by atoms with Crippen molar-refractivity contribution < 1.29 is 9.53 Å². The van der Waals surface area contributed by atoms with Gasteiger partial charge in [-0.15, -0.1) is 24.0 Å². The minimum absolute atomic E-state index is 0. The van der Waals surface area contributed by atoms with E-state index in [1.54, 1.807) is 0 Å². The summed E-state index contributed by atoms with van der Waals surface area (Å²) in [6.45, 7) is 11.8. The van der Waals surface area contributed by atoms with Gasteiger partial charge in [0.1, 0.15) is 6.10 Å². The minimum atomic E-state index is -0.204. The maximum atomic E-state index is 12.5. The highest BCUT2D eigenvalue weighted by Crippen LogP contribution is 2.18. The molecule has 3 rings (SSSR count). The zero-order valence-corrected chi connectivity index (χ0v) is 20.1. The number of carbonyl (C=O) groups is 1. The third kappa shape index (κ3) is 6.19. The summed E-state index contributed by atoms with van der Waals surface area (Å²) in [5, 5.41) is 3.59.